The van der Waals surface area contributed by atoms with Gasteiger partial charge in [0, 0.05) is 61.8 Å². The molecule has 12 aromatic carbocycles. The second-order valence-corrected chi connectivity index (χ2v) is 48.3. The van der Waals surface area contributed by atoms with Gasteiger partial charge in [-0.15, -0.1) is 5.69 Å². The summed E-state index contributed by atoms with van der Waals surface area (Å²) in [5.41, 5.74) is 20.4. The van der Waals surface area contributed by atoms with Gasteiger partial charge in [-0.3, -0.25) is 19.9 Å². The summed E-state index contributed by atoms with van der Waals surface area (Å²) in [5, 5.41) is 65.2. The number of hydrogen-bond donors (Lipinski definition) is 6. The number of fused-ring (bicyclic) bond motifs is 6. The quantitative estimate of drug-likeness (QED) is 0.0737. The fourth-order valence-corrected chi connectivity index (χ4v) is 23.4. The minimum atomic E-state index is -1.01. The molecule has 0 aliphatic heterocycles. The predicted molar refractivity (Wildman–Crippen MR) is 618 cm³/mol. The van der Waals surface area contributed by atoms with E-state index in [0.717, 1.165) is 77.7 Å². The molecule has 0 aliphatic rings. The monoisotopic (exact) mass is 2820 g/mol. The van der Waals surface area contributed by atoms with E-state index in [1.165, 1.54) is 36.0 Å². The van der Waals surface area contributed by atoms with E-state index in [2.05, 4.69) is 199 Å². The van der Waals surface area contributed by atoms with Crippen molar-refractivity contribution in [3.05, 3.63) is 432 Å². The number of benzene rings is 12. The van der Waals surface area contributed by atoms with Crippen LogP contribution in [-0.2, 0) is 89.4 Å². The third-order valence-electron chi connectivity index (χ3n) is 19.4. The van der Waals surface area contributed by atoms with E-state index >= 15 is 0 Å². The average molecular weight is 2830 g/mol. The average Bonchev–Trinajstić information content (AvgIpc) is 0.821. The van der Waals surface area contributed by atoms with Crippen molar-refractivity contribution in [3.8, 4) is 23.0 Å². The molecule has 18 rings (SSSR count). The van der Waals surface area contributed by atoms with Gasteiger partial charge in [0.15, 0.2) is 0 Å². The van der Waals surface area contributed by atoms with Crippen molar-refractivity contribution < 1.29 is 104 Å². The number of phenols is 4. The second-order valence-electron chi connectivity index (χ2n) is 37.4. The standard InChI is InChI=1S/C13H9NO.3C10H12.3C9H7NO.C6H4Cl2N.3C6H3Cl2N.2C6H8N.C5H10.2C4H10O.CH4.4W/c15-11-5-1-3-9-6-7-10-4-2-8-14-13(10)12(9)11;3*1-10(2,3)9-7-5-4-6-8-9;3*11-8-5-1-3-7-4-2-6-10-9(7)8;4*7-4-2-1-3-5(8)6(4)9;2*1-5-3-4-6(2)7-5;1-5(2,3)4;2*1-4(2,3)5;;;;;/h1-8,15H;3*1,4-8H,2-3H3;3*1-6,11H;1-3,9H;3*1-3H;2*3-4H,1-2H3;1H,2-4H3;2*5H,1-3H3;1H4;;;;/q;;;;;;;-1;;;;2*-1;;;;;;;;. The number of pyridine rings is 4. The summed E-state index contributed by atoms with van der Waals surface area (Å²) in [6, 6.07) is 102. The van der Waals surface area contributed by atoms with E-state index in [-0.39, 0.29) is 57.8 Å². The zero-order chi connectivity index (χ0) is 109. The van der Waals surface area contributed by atoms with Gasteiger partial charge >= 0.3 is 464 Å². The fourth-order valence-electron chi connectivity index (χ4n) is 12.0. The molecule has 148 heavy (non-hydrogen) atoms. The Morgan fingerprint density at radius 2 is 0.514 bits per heavy atom. The molecule has 0 aliphatic carbocycles. The maximum Gasteiger partial charge on any atom is 0.141 e. The number of aryl methyl sites for hydroxylation is 4. The van der Waals surface area contributed by atoms with Crippen molar-refractivity contribution in [3.63, 3.8) is 0 Å². The van der Waals surface area contributed by atoms with E-state index in [4.69, 9.17) is 109 Å². The van der Waals surface area contributed by atoms with Gasteiger partial charge in [-0.25, -0.2) is 0 Å². The van der Waals surface area contributed by atoms with Gasteiger partial charge in [-0.2, -0.15) is 22.8 Å². The molecule has 0 saturated carbocycles. The summed E-state index contributed by atoms with van der Waals surface area (Å²) in [6.07, 6.45) is 6.75. The van der Waals surface area contributed by atoms with Crippen molar-refractivity contribution in [2.24, 2.45) is 15.9 Å². The summed E-state index contributed by atoms with van der Waals surface area (Å²) in [5.74, 6) is 1.01. The molecular formula is C120H129Cl8N10O6W4-3. The van der Waals surface area contributed by atoms with Crippen LogP contribution in [0.5, 0.6) is 23.0 Å². The van der Waals surface area contributed by atoms with Crippen LogP contribution in [0.1, 0.15) is 151 Å². The number of nitrogens with zero attached hydrogens (tertiary/aromatic N) is 9. The van der Waals surface area contributed by atoms with Gasteiger partial charge in [0.25, 0.3) is 0 Å². The molecule has 0 radical (unpaired) electrons. The number of aromatic nitrogens is 6. The molecule has 28 heteroatoms. The minimum absolute atomic E-state index is 0. The van der Waals surface area contributed by atoms with Gasteiger partial charge in [-0.1, -0.05) is 174 Å². The van der Waals surface area contributed by atoms with Crippen LogP contribution in [0.3, 0.4) is 0 Å². The van der Waals surface area contributed by atoms with Crippen LogP contribution in [0, 0.1) is 33.1 Å². The molecule has 6 heterocycles. The Morgan fingerprint density at radius 3 is 0.770 bits per heavy atom. The van der Waals surface area contributed by atoms with Gasteiger partial charge in [0.2, 0.25) is 0 Å². The topological polar surface area (TPSA) is 262 Å². The van der Waals surface area contributed by atoms with Crippen molar-refractivity contribution >= 4 is 188 Å². The Balaban J connectivity index is 0.000000287. The number of nitrogens with one attached hydrogen (secondary N) is 1. The van der Waals surface area contributed by atoms with E-state index in [0.29, 0.717) is 56.7 Å². The van der Waals surface area contributed by atoms with E-state index in [1.54, 1.807) is 127 Å². The van der Waals surface area contributed by atoms with Crippen LogP contribution in [-0.4, -0.2) is 79.4 Å². The van der Waals surface area contributed by atoms with Crippen LogP contribution < -0.4 is 9.97 Å². The number of aromatic hydroxyl groups is 4. The molecule has 6 aromatic heterocycles. The van der Waals surface area contributed by atoms with Crippen LogP contribution in [0.15, 0.2) is 357 Å². The fraction of sp³-hybridized carbons (Fsp3) is 0.217. The molecule has 16 nitrogen and oxygen atoms in total. The first-order valence-corrected chi connectivity index (χ1v) is 60.0. The van der Waals surface area contributed by atoms with E-state index in [1.807, 2.05) is 210 Å². The molecule has 0 spiro atoms. The smallest absolute Gasteiger partial charge is 0.141 e. The number of phenolic OH excluding ortho intramolecular Hbond substituents is 4. The first-order valence-electron chi connectivity index (χ1n) is 46.2. The third-order valence-corrected chi connectivity index (χ3v) is 35.0. The third kappa shape index (κ3) is 48.1. The Kier molecular flexibility index (Phi) is 56.1. The SMILES string of the molecule is C.CC(C)(C)O.CC(C)(C)O.CC(C)(C)[CH]=[W]=[N]c1c(Cl)cccc1Cl.CC(C)([CH]=[W])c1ccccc1.CC(C)([CH]=[W]=[N]c1c(Cl)cccc1Cl)c1ccccc1.CC(C)([CH]=[W]=[N]c1c(Cl)cccc1Cl)c1ccccc1.Cc1ccc(C)[n-]1.Cc1ccc(C)[n-]1.Oc1cccc2ccc3cccnc3c12.Oc1cccc2cccnc12.Oc1cccc2cccnc12.Oc1cccc2cccnc12.[NH-]c1c(Cl)cccc1Cl. The number of rotatable bonds is 9. The van der Waals surface area contributed by atoms with Gasteiger partial charge in [0.1, 0.15) is 39.5 Å². The predicted octanol–water partition coefficient (Wildman–Crippen LogP) is 35.7. The Morgan fingerprint density at radius 1 is 0.284 bits per heavy atom. The molecule has 0 fully saturated rings. The number of para-hydroxylation sites is 3. The van der Waals surface area contributed by atoms with E-state index in [9.17, 15) is 20.4 Å². The summed E-state index contributed by atoms with van der Waals surface area (Å²) >= 11 is 46.3. The first kappa shape index (κ1) is 128. The molecule has 778 valence electrons. The van der Waals surface area contributed by atoms with Crippen molar-refractivity contribution in [2.45, 2.75) is 166 Å². The molecule has 0 saturated heterocycles. The van der Waals surface area contributed by atoms with Crippen molar-refractivity contribution in [1.29, 1.82) is 0 Å². The minimum Gasteiger partial charge on any atom is -0.696 e. The van der Waals surface area contributed by atoms with Crippen LogP contribution >= 0.6 is 92.8 Å². The van der Waals surface area contributed by atoms with Crippen LogP contribution in [0.2, 0.25) is 40.2 Å². The Bertz CT molecular complexity index is 6910. The normalized spacial score (nSPS) is 10.6. The zero-order valence-electron chi connectivity index (χ0n) is 85.6. The van der Waals surface area contributed by atoms with Gasteiger partial charge in [-0.05, 0) is 108 Å². The molecule has 7 N–H and O–H groups in total. The maximum atomic E-state index is 9.83. The summed E-state index contributed by atoms with van der Waals surface area (Å²) in [7, 11) is 0. The molecule has 18 aromatic rings. The number of halogens is 8. The van der Waals surface area contributed by atoms with Crippen LogP contribution in [0.4, 0.5) is 22.7 Å². The molecule has 0 atom stereocenters. The number of hydrogen-bond acceptors (Lipinski definition) is 13. The second kappa shape index (κ2) is 64.6. The summed E-state index contributed by atoms with van der Waals surface area (Å²) < 4.78 is 23.1. The zero-order valence-corrected chi connectivity index (χ0v) is 103. The molecule has 0 amide bonds. The first-order chi connectivity index (χ1) is 69.4. The van der Waals surface area contributed by atoms with Crippen LogP contribution in [0.25, 0.3) is 60.1 Å². The summed E-state index contributed by atoms with van der Waals surface area (Å²) in [4.78, 5) is 24.6. The van der Waals surface area contributed by atoms with Crippen molar-refractivity contribution in [2.75, 3.05) is 0 Å². The van der Waals surface area contributed by atoms with E-state index < -0.39 is 65.0 Å². The molecule has 0 unspecified atom stereocenters. The van der Waals surface area contributed by atoms with Gasteiger partial charge < -0.3 is 46.3 Å². The Labute approximate surface area is 948 Å². The number of aliphatic hydroxyl groups is 2. The maximum absolute atomic E-state index is 9.83. The molecule has 0 bridgehead atoms. The van der Waals surface area contributed by atoms with Crippen molar-refractivity contribution in [1.82, 2.24) is 29.9 Å². The Hall–Kier alpha value is -10.0. The largest absolute Gasteiger partial charge is 0.696 e. The van der Waals surface area contributed by atoms with Gasteiger partial charge in [0.05, 0.1) is 16.7 Å². The summed E-state index contributed by atoms with van der Waals surface area (Å²) in [6.45, 7) is 38.3. The molecular weight excluding hydrogens is 2700 g/mol.